The summed E-state index contributed by atoms with van der Waals surface area (Å²) in [6, 6.07) is 7.90. The average molecular weight is 375 g/mol. The third kappa shape index (κ3) is 2.60. The summed E-state index contributed by atoms with van der Waals surface area (Å²) >= 11 is 0. The maximum absolute atomic E-state index is 11.7. The van der Waals surface area contributed by atoms with Gasteiger partial charge in [0.2, 0.25) is 0 Å². The maximum Gasteiger partial charge on any atom is 0.174 e. The molecule has 2 saturated carbocycles. The normalized spacial score (nSPS) is 39.1. The van der Waals surface area contributed by atoms with Gasteiger partial charge in [0, 0.05) is 22.8 Å². The first-order chi connectivity index (χ1) is 12.9. The van der Waals surface area contributed by atoms with Gasteiger partial charge in [-0.25, -0.2) is 0 Å². The van der Waals surface area contributed by atoms with Crippen LogP contribution < -0.4 is 4.74 Å². The van der Waals surface area contributed by atoms with Crippen molar-refractivity contribution in [2.24, 2.45) is 22.7 Å². The predicted molar refractivity (Wildman–Crippen MR) is 105 cm³/mol. The molecule has 5 atom stereocenters. The van der Waals surface area contributed by atoms with Crippen molar-refractivity contribution in [3.63, 3.8) is 0 Å². The zero-order valence-corrected chi connectivity index (χ0v) is 17.2. The van der Waals surface area contributed by atoms with Crippen LogP contribution in [-0.4, -0.2) is 31.2 Å². The molecule has 3 aliphatic rings. The van der Waals surface area contributed by atoms with E-state index < -0.39 is 11.9 Å². The second kappa shape index (κ2) is 6.75. The van der Waals surface area contributed by atoms with Gasteiger partial charge in [-0.05, 0) is 43.6 Å². The summed E-state index contributed by atoms with van der Waals surface area (Å²) in [7, 11) is 1.68. The first-order valence-corrected chi connectivity index (χ1v) is 10.5. The van der Waals surface area contributed by atoms with E-state index in [9.17, 15) is 5.11 Å². The zero-order valence-electron chi connectivity index (χ0n) is 17.2. The second-order valence-electron chi connectivity index (χ2n) is 9.26. The summed E-state index contributed by atoms with van der Waals surface area (Å²) < 4.78 is 18.2. The van der Waals surface area contributed by atoms with Gasteiger partial charge in [-0.15, -0.1) is 0 Å². The van der Waals surface area contributed by atoms with Gasteiger partial charge < -0.3 is 19.3 Å². The molecule has 4 nitrogen and oxygen atoms in total. The zero-order chi connectivity index (χ0) is 19.3. The molecule has 1 heterocycles. The van der Waals surface area contributed by atoms with Crippen molar-refractivity contribution in [3.05, 3.63) is 29.8 Å². The van der Waals surface area contributed by atoms with Crippen LogP contribution in [0.25, 0.3) is 0 Å². The summed E-state index contributed by atoms with van der Waals surface area (Å²) in [5, 5.41) is 11.7. The van der Waals surface area contributed by atoms with E-state index in [0.29, 0.717) is 25.0 Å². The number of ether oxygens (including phenoxy) is 3. The van der Waals surface area contributed by atoms with Crippen LogP contribution >= 0.6 is 0 Å². The van der Waals surface area contributed by atoms with Crippen LogP contribution in [-0.2, 0) is 9.47 Å². The molecule has 27 heavy (non-hydrogen) atoms. The molecular weight excluding hydrogens is 340 g/mol. The molecule has 1 saturated heterocycles. The minimum Gasteiger partial charge on any atom is -0.496 e. The molecule has 1 spiro atoms. The molecule has 0 radical (unpaired) electrons. The van der Waals surface area contributed by atoms with E-state index >= 15 is 0 Å². The predicted octanol–water partition coefficient (Wildman–Crippen LogP) is 4.71. The van der Waals surface area contributed by atoms with Crippen molar-refractivity contribution in [2.75, 3.05) is 20.3 Å². The third-order valence-electron chi connectivity index (χ3n) is 8.32. The van der Waals surface area contributed by atoms with Crippen molar-refractivity contribution < 1.29 is 19.3 Å². The summed E-state index contributed by atoms with van der Waals surface area (Å²) in [6.45, 7) is 8.30. The maximum atomic E-state index is 11.7. The molecule has 0 amide bonds. The Morgan fingerprint density at radius 2 is 1.81 bits per heavy atom. The van der Waals surface area contributed by atoms with Gasteiger partial charge in [0.05, 0.1) is 26.4 Å². The Labute approximate surface area is 163 Å². The van der Waals surface area contributed by atoms with Gasteiger partial charge >= 0.3 is 0 Å². The van der Waals surface area contributed by atoms with Gasteiger partial charge in [0.15, 0.2) is 5.79 Å². The Bertz CT molecular complexity index is 683. The van der Waals surface area contributed by atoms with E-state index in [-0.39, 0.29) is 10.8 Å². The van der Waals surface area contributed by atoms with Gasteiger partial charge in [-0.3, -0.25) is 0 Å². The van der Waals surface area contributed by atoms with Crippen LogP contribution in [0.15, 0.2) is 24.3 Å². The number of rotatable bonds is 3. The lowest BCUT2D eigenvalue weighted by Gasteiger charge is -2.63. The molecule has 2 aliphatic carbocycles. The highest BCUT2D eigenvalue weighted by molar-refractivity contribution is 5.36. The van der Waals surface area contributed by atoms with E-state index in [1.165, 1.54) is 0 Å². The molecule has 1 unspecified atom stereocenters. The van der Waals surface area contributed by atoms with Crippen LogP contribution in [0.3, 0.4) is 0 Å². The van der Waals surface area contributed by atoms with Crippen molar-refractivity contribution in [3.8, 4) is 5.75 Å². The third-order valence-corrected chi connectivity index (χ3v) is 8.32. The number of fused-ring (bicyclic) bond motifs is 2. The van der Waals surface area contributed by atoms with Crippen molar-refractivity contribution in [1.29, 1.82) is 0 Å². The smallest absolute Gasteiger partial charge is 0.174 e. The minimum absolute atomic E-state index is 0.0774. The molecule has 1 aromatic rings. The van der Waals surface area contributed by atoms with Gasteiger partial charge in [0.25, 0.3) is 0 Å². The number of aliphatic hydroxyl groups is 1. The standard InChI is InChI=1S/C23H34O4/c1-16-11-13-21(2)19(10-7-12-23(21)26-14-15-27-23)22(16,3)20(24)17-8-5-6-9-18(17)25-4/h5-6,8-9,16,19-20,24H,7,10-15H2,1-4H3/t16-,19+,20?,21+,22+/m0/s1. The summed E-state index contributed by atoms with van der Waals surface area (Å²) in [5.74, 6) is 1.04. The number of para-hydroxylation sites is 1. The van der Waals surface area contributed by atoms with E-state index in [2.05, 4.69) is 20.8 Å². The van der Waals surface area contributed by atoms with Gasteiger partial charge in [-0.2, -0.15) is 0 Å². The molecule has 4 rings (SSSR count). The first-order valence-electron chi connectivity index (χ1n) is 10.5. The Balaban J connectivity index is 1.78. The lowest BCUT2D eigenvalue weighted by atomic mass is 9.44. The molecule has 3 fully saturated rings. The van der Waals surface area contributed by atoms with Crippen molar-refractivity contribution in [1.82, 2.24) is 0 Å². The van der Waals surface area contributed by atoms with E-state index in [1.54, 1.807) is 7.11 Å². The minimum atomic E-state index is -0.579. The van der Waals surface area contributed by atoms with E-state index in [1.807, 2.05) is 24.3 Å². The SMILES string of the molecule is COc1ccccc1C(O)[C@]1(C)[C@@H](C)CC[C@]2(C)[C@H]1CCCC21OCCO1. The molecule has 1 aromatic carbocycles. The number of hydrogen-bond donors (Lipinski definition) is 1. The Kier molecular flexibility index (Phi) is 4.81. The Morgan fingerprint density at radius 1 is 1.11 bits per heavy atom. The molecule has 1 N–H and O–H groups in total. The molecule has 0 bridgehead atoms. The molecule has 1 aliphatic heterocycles. The summed E-state index contributed by atoms with van der Waals surface area (Å²) in [6.07, 6.45) is 4.75. The number of benzene rings is 1. The lowest BCUT2D eigenvalue weighted by Crippen LogP contribution is -2.62. The van der Waals surface area contributed by atoms with Crippen LogP contribution in [0.5, 0.6) is 5.75 Å². The highest BCUT2D eigenvalue weighted by atomic mass is 16.7. The fourth-order valence-corrected chi connectivity index (χ4v) is 6.56. The highest BCUT2D eigenvalue weighted by Crippen LogP contribution is 2.67. The van der Waals surface area contributed by atoms with E-state index in [4.69, 9.17) is 14.2 Å². The van der Waals surface area contributed by atoms with Crippen LogP contribution in [0.1, 0.15) is 64.5 Å². The average Bonchev–Trinajstić information content (AvgIpc) is 3.16. The number of hydrogen-bond acceptors (Lipinski definition) is 4. The van der Waals surface area contributed by atoms with Crippen LogP contribution in [0, 0.1) is 22.7 Å². The first kappa shape index (κ1) is 19.2. The topological polar surface area (TPSA) is 47.9 Å². The number of methoxy groups -OCH3 is 1. The van der Waals surface area contributed by atoms with E-state index in [0.717, 1.165) is 43.4 Å². The van der Waals surface area contributed by atoms with Gasteiger partial charge in [0.1, 0.15) is 5.75 Å². The fraction of sp³-hybridized carbons (Fsp3) is 0.739. The fourth-order valence-electron chi connectivity index (χ4n) is 6.56. The Hall–Kier alpha value is -1.10. The molecule has 0 aromatic heterocycles. The number of aliphatic hydroxyl groups excluding tert-OH is 1. The van der Waals surface area contributed by atoms with Gasteiger partial charge in [-0.1, -0.05) is 39.0 Å². The monoisotopic (exact) mass is 374 g/mol. The lowest BCUT2D eigenvalue weighted by molar-refractivity contribution is -0.305. The van der Waals surface area contributed by atoms with Crippen molar-refractivity contribution in [2.45, 2.75) is 64.8 Å². The van der Waals surface area contributed by atoms with Crippen LogP contribution in [0.2, 0.25) is 0 Å². The van der Waals surface area contributed by atoms with Crippen molar-refractivity contribution >= 4 is 0 Å². The quantitative estimate of drug-likeness (QED) is 0.832. The Morgan fingerprint density at radius 3 is 2.52 bits per heavy atom. The molecular formula is C23H34O4. The molecule has 4 heteroatoms. The second-order valence-corrected chi connectivity index (χ2v) is 9.26. The molecule has 150 valence electrons. The summed E-state index contributed by atoms with van der Waals surface area (Å²) in [4.78, 5) is 0. The summed E-state index contributed by atoms with van der Waals surface area (Å²) in [5.41, 5.74) is 0.558. The van der Waals surface area contributed by atoms with Crippen LogP contribution in [0.4, 0.5) is 0 Å². The highest BCUT2D eigenvalue weighted by Gasteiger charge is 2.66. The largest absolute Gasteiger partial charge is 0.496 e.